The number of amides is 6. The monoisotopic (exact) mass is 807 g/mol. The predicted molar refractivity (Wildman–Crippen MR) is 221 cm³/mol. The summed E-state index contributed by atoms with van der Waals surface area (Å²) in [5, 5.41) is 5.10. The van der Waals surface area contributed by atoms with Gasteiger partial charge in [-0.15, -0.1) is 13.2 Å². The Bertz CT molecular complexity index is 1900. The van der Waals surface area contributed by atoms with Crippen molar-refractivity contribution < 1.29 is 38.2 Å². The predicted octanol–water partition coefficient (Wildman–Crippen LogP) is 4.10. The molecular formula is C44H53N7O8. The van der Waals surface area contributed by atoms with Gasteiger partial charge in [-0.1, -0.05) is 78.9 Å². The molecule has 15 nitrogen and oxygen atoms in total. The fourth-order valence-corrected chi connectivity index (χ4v) is 8.28. The first-order valence-electron chi connectivity index (χ1n) is 19.5. The first-order chi connectivity index (χ1) is 28.4. The molecule has 2 saturated heterocycles. The lowest BCUT2D eigenvalue weighted by Gasteiger charge is -2.38. The topological polar surface area (TPSA) is 207 Å². The van der Waals surface area contributed by atoms with Crippen LogP contribution in [-0.2, 0) is 52.8 Å². The summed E-state index contributed by atoms with van der Waals surface area (Å²) in [6, 6.07) is 22.7. The van der Waals surface area contributed by atoms with E-state index in [0.717, 1.165) is 16.8 Å². The molecule has 6 amide bonds. The molecule has 2 heterocycles. The van der Waals surface area contributed by atoms with Gasteiger partial charge in [-0.05, 0) is 72.9 Å². The molecule has 2 aliphatic heterocycles. The van der Waals surface area contributed by atoms with Crippen LogP contribution in [0.3, 0.4) is 0 Å². The van der Waals surface area contributed by atoms with E-state index in [0.29, 0.717) is 49.9 Å². The lowest BCUT2D eigenvalue weighted by atomic mass is 9.85. The number of alkyl carbamates (subject to hydrolysis) is 2. The van der Waals surface area contributed by atoms with E-state index >= 15 is 0 Å². The highest BCUT2D eigenvalue weighted by atomic mass is 16.5. The van der Waals surface area contributed by atoms with E-state index in [1.54, 1.807) is 0 Å². The van der Waals surface area contributed by atoms with Crippen molar-refractivity contribution in [1.29, 1.82) is 0 Å². The van der Waals surface area contributed by atoms with E-state index in [1.807, 2.05) is 78.9 Å². The van der Waals surface area contributed by atoms with Crippen LogP contribution in [0.5, 0.6) is 0 Å². The summed E-state index contributed by atoms with van der Waals surface area (Å²) in [6.45, 7) is 8.90. The number of benzene rings is 3. The molecule has 15 heteroatoms. The summed E-state index contributed by atoms with van der Waals surface area (Å²) in [6.07, 6.45) is 3.45. The van der Waals surface area contributed by atoms with E-state index < -0.39 is 59.0 Å². The SMILES string of the molecule is C=CC[C@H](NC(=O)OC)C(=O)N1CCC[C@@]1(C(N)=O)c1ccc(CN(Cc2ccc([C@]3(C(N)=O)CCCN3C(=O)[C@H](CC=C)NC(=O)OC)cc2)c2ccccc2)cc1. The van der Waals surface area contributed by atoms with Crippen LogP contribution in [-0.4, -0.2) is 85.0 Å². The number of para-hydroxylation sites is 1. The minimum absolute atomic E-state index is 0.132. The molecule has 0 aromatic heterocycles. The number of carbonyl (C=O) groups excluding carboxylic acids is 6. The fourth-order valence-electron chi connectivity index (χ4n) is 8.28. The average molecular weight is 808 g/mol. The molecule has 0 unspecified atom stereocenters. The second-order valence-electron chi connectivity index (χ2n) is 14.6. The summed E-state index contributed by atoms with van der Waals surface area (Å²) >= 11 is 0. The molecule has 5 rings (SSSR count). The van der Waals surface area contributed by atoms with Gasteiger partial charge in [0.05, 0.1) is 14.2 Å². The van der Waals surface area contributed by atoms with Crippen LogP contribution in [0.25, 0.3) is 0 Å². The Labute approximate surface area is 344 Å². The van der Waals surface area contributed by atoms with Gasteiger partial charge < -0.3 is 46.3 Å². The van der Waals surface area contributed by atoms with Crippen LogP contribution in [0.1, 0.15) is 60.8 Å². The molecule has 3 aromatic rings. The van der Waals surface area contributed by atoms with Gasteiger partial charge in [0.2, 0.25) is 23.6 Å². The zero-order valence-electron chi connectivity index (χ0n) is 33.6. The van der Waals surface area contributed by atoms with Crippen molar-refractivity contribution in [3.05, 3.63) is 126 Å². The Hall–Kier alpha value is -6.64. The number of carbonyl (C=O) groups is 6. The molecule has 2 fully saturated rings. The minimum Gasteiger partial charge on any atom is -0.453 e. The zero-order valence-corrected chi connectivity index (χ0v) is 33.6. The molecule has 312 valence electrons. The number of rotatable bonds is 17. The molecule has 3 aromatic carbocycles. The maximum absolute atomic E-state index is 13.8. The number of methoxy groups -OCH3 is 2. The number of primary amides is 2. The van der Waals surface area contributed by atoms with Gasteiger partial charge in [-0.3, -0.25) is 19.2 Å². The number of hydrogen-bond acceptors (Lipinski definition) is 9. The number of nitrogens with one attached hydrogen (secondary N) is 2. The Morgan fingerprint density at radius 1 is 0.678 bits per heavy atom. The highest BCUT2D eigenvalue weighted by molar-refractivity contribution is 5.96. The van der Waals surface area contributed by atoms with Gasteiger partial charge in [-0.25, -0.2) is 9.59 Å². The highest BCUT2D eigenvalue weighted by Gasteiger charge is 2.52. The third-order valence-corrected chi connectivity index (χ3v) is 11.2. The van der Waals surface area contributed by atoms with Crippen LogP contribution in [0.15, 0.2) is 104 Å². The van der Waals surface area contributed by atoms with Crippen molar-refractivity contribution in [1.82, 2.24) is 20.4 Å². The molecule has 2 aliphatic rings. The van der Waals surface area contributed by atoms with Gasteiger partial charge in [0.15, 0.2) is 0 Å². The van der Waals surface area contributed by atoms with Crippen LogP contribution in [0.2, 0.25) is 0 Å². The lowest BCUT2D eigenvalue weighted by Crippen LogP contribution is -2.58. The van der Waals surface area contributed by atoms with E-state index in [9.17, 15) is 28.8 Å². The van der Waals surface area contributed by atoms with Crippen LogP contribution < -0.4 is 27.0 Å². The number of likely N-dealkylation sites (tertiary alicyclic amines) is 2. The molecule has 4 atom stereocenters. The first-order valence-corrected chi connectivity index (χ1v) is 19.5. The number of nitrogens with two attached hydrogens (primary N) is 2. The second-order valence-corrected chi connectivity index (χ2v) is 14.6. The molecule has 6 N–H and O–H groups in total. The second kappa shape index (κ2) is 19.2. The highest BCUT2D eigenvalue weighted by Crippen LogP contribution is 2.41. The van der Waals surface area contributed by atoms with Crippen molar-refractivity contribution in [3.8, 4) is 0 Å². The van der Waals surface area contributed by atoms with Crippen LogP contribution >= 0.6 is 0 Å². The fraction of sp³-hybridized carbons (Fsp3) is 0.364. The van der Waals surface area contributed by atoms with E-state index in [2.05, 4.69) is 28.7 Å². The Morgan fingerprint density at radius 3 is 1.41 bits per heavy atom. The lowest BCUT2D eigenvalue weighted by molar-refractivity contribution is -0.145. The molecular weight excluding hydrogens is 755 g/mol. The third-order valence-electron chi connectivity index (χ3n) is 11.2. The van der Waals surface area contributed by atoms with Gasteiger partial charge in [0.25, 0.3) is 0 Å². The third kappa shape index (κ3) is 9.09. The summed E-state index contributed by atoms with van der Waals surface area (Å²) in [7, 11) is 2.41. The van der Waals surface area contributed by atoms with E-state index in [1.165, 1.54) is 36.2 Å². The Balaban J connectivity index is 1.40. The smallest absolute Gasteiger partial charge is 0.407 e. The van der Waals surface area contributed by atoms with Crippen molar-refractivity contribution in [2.75, 3.05) is 32.2 Å². The van der Waals surface area contributed by atoms with Crippen molar-refractivity contribution >= 4 is 41.5 Å². The standard InChI is InChI=1S/C44H53N7O8/c1-5-12-35(47-41(56)58-3)37(52)50-26-10-24-43(50,39(45)54)32-20-16-30(17-21-32)28-49(34-14-8-7-9-15-34)29-31-18-22-33(23-19-31)44(40(46)55)25-11-27-51(44)38(53)36(13-6-2)48-42(57)59-4/h5-9,14-23,35-36H,1-2,10-13,24-29H2,3-4H3,(H2,45,54)(H2,46,55)(H,47,56)(H,48,57)/t35-,36-,43-,44-/m0/s1. The van der Waals surface area contributed by atoms with E-state index in [4.69, 9.17) is 20.9 Å². The van der Waals surface area contributed by atoms with Gasteiger partial charge >= 0.3 is 12.2 Å². The summed E-state index contributed by atoms with van der Waals surface area (Å²) in [5.74, 6) is -2.26. The van der Waals surface area contributed by atoms with Gasteiger partial charge in [0, 0.05) is 31.9 Å². The van der Waals surface area contributed by atoms with Crippen molar-refractivity contribution in [2.45, 2.75) is 74.8 Å². The van der Waals surface area contributed by atoms with Crippen molar-refractivity contribution in [3.63, 3.8) is 0 Å². The Morgan fingerprint density at radius 2 is 1.07 bits per heavy atom. The quantitative estimate of drug-likeness (QED) is 0.145. The summed E-state index contributed by atoms with van der Waals surface area (Å²) in [4.78, 5) is 83.5. The number of nitrogens with zero attached hydrogens (tertiary/aromatic N) is 3. The molecule has 0 bridgehead atoms. The van der Waals surface area contributed by atoms with Crippen LogP contribution in [0.4, 0.5) is 15.3 Å². The number of hydrogen-bond donors (Lipinski definition) is 4. The van der Waals surface area contributed by atoms with Gasteiger partial charge in [0.1, 0.15) is 23.2 Å². The average Bonchev–Trinajstić information content (AvgIpc) is 3.91. The first kappa shape index (κ1) is 43.5. The largest absolute Gasteiger partial charge is 0.453 e. The summed E-state index contributed by atoms with van der Waals surface area (Å²) in [5.41, 5.74) is 13.2. The minimum atomic E-state index is -1.42. The maximum Gasteiger partial charge on any atom is 0.407 e. The van der Waals surface area contributed by atoms with Crippen molar-refractivity contribution in [2.24, 2.45) is 11.5 Å². The van der Waals surface area contributed by atoms with E-state index in [-0.39, 0.29) is 25.9 Å². The molecule has 0 spiro atoms. The molecule has 0 aliphatic carbocycles. The molecule has 0 radical (unpaired) electrons. The van der Waals surface area contributed by atoms with Crippen LogP contribution in [0, 0.1) is 0 Å². The number of ether oxygens (including phenoxy) is 2. The normalized spacial score (nSPS) is 19.5. The summed E-state index contributed by atoms with van der Waals surface area (Å²) < 4.78 is 9.44. The van der Waals surface area contributed by atoms with Gasteiger partial charge in [-0.2, -0.15) is 0 Å². The zero-order chi connectivity index (χ0) is 42.7. The number of anilines is 1. The Kier molecular flexibility index (Phi) is 14.2. The molecule has 0 saturated carbocycles. The maximum atomic E-state index is 13.8. The molecule has 59 heavy (non-hydrogen) atoms.